The fraction of sp³-hybridized carbons (Fsp3) is 0.364. The highest BCUT2D eigenvalue weighted by Gasteiger charge is 2.30. The van der Waals surface area contributed by atoms with Crippen molar-refractivity contribution in [2.45, 2.75) is 25.5 Å². The molecule has 8 heteroatoms. The SMILES string of the molecule is CC(C)(C)S(=O)(=O)Nc1cc(C(=O)O)c(F)cc1F. The van der Waals surface area contributed by atoms with Crippen molar-refractivity contribution in [1.82, 2.24) is 0 Å². The number of aromatic carboxylic acids is 1. The number of carboxylic acid groups (broad SMARTS) is 1. The van der Waals surface area contributed by atoms with Crippen LogP contribution in [-0.2, 0) is 10.0 Å². The summed E-state index contributed by atoms with van der Waals surface area (Å²) in [6.45, 7) is 4.15. The molecule has 0 aliphatic carbocycles. The highest BCUT2D eigenvalue weighted by atomic mass is 32.2. The van der Waals surface area contributed by atoms with Gasteiger partial charge in [-0.25, -0.2) is 22.0 Å². The summed E-state index contributed by atoms with van der Waals surface area (Å²) in [5.74, 6) is -4.08. The van der Waals surface area contributed by atoms with Crippen LogP contribution in [0.4, 0.5) is 14.5 Å². The highest BCUT2D eigenvalue weighted by molar-refractivity contribution is 7.94. The summed E-state index contributed by atoms with van der Waals surface area (Å²) < 4.78 is 50.9. The Labute approximate surface area is 109 Å². The Morgan fingerprint density at radius 3 is 2.16 bits per heavy atom. The Morgan fingerprint density at radius 2 is 1.74 bits per heavy atom. The number of rotatable bonds is 3. The lowest BCUT2D eigenvalue weighted by atomic mass is 10.2. The van der Waals surface area contributed by atoms with Crippen molar-refractivity contribution in [3.8, 4) is 0 Å². The van der Waals surface area contributed by atoms with Crippen LogP contribution in [0.2, 0.25) is 0 Å². The molecule has 0 fully saturated rings. The van der Waals surface area contributed by atoms with E-state index < -0.39 is 43.6 Å². The van der Waals surface area contributed by atoms with E-state index in [0.29, 0.717) is 12.1 Å². The Hall–Kier alpha value is -1.70. The number of carbonyl (C=O) groups is 1. The molecule has 5 nitrogen and oxygen atoms in total. The number of anilines is 1. The maximum atomic E-state index is 13.5. The molecule has 0 saturated heterocycles. The summed E-state index contributed by atoms with van der Waals surface area (Å²) in [6, 6.07) is 0.931. The summed E-state index contributed by atoms with van der Waals surface area (Å²) in [4.78, 5) is 10.7. The van der Waals surface area contributed by atoms with Crippen LogP contribution in [-0.4, -0.2) is 24.2 Å². The maximum absolute atomic E-state index is 13.5. The molecule has 0 aliphatic rings. The zero-order chi connectivity index (χ0) is 15.0. The van der Waals surface area contributed by atoms with Gasteiger partial charge in [0.15, 0.2) is 0 Å². The summed E-state index contributed by atoms with van der Waals surface area (Å²) in [7, 11) is -3.93. The first kappa shape index (κ1) is 15.4. The fourth-order valence-corrected chi connectivity index (χ4v) is 1.84. The monoisotopic (exact) mass is 293 g/mol. The van der Waals surface area contributed by atoms with Gasteiger partial charge in [0.1, 0.15) is 11.6 Å². The topological polar surface area (TPSA) is 83.5 Å². The van der Waals surface area contributed by atoms with E-state index in [-0.39, 0.29) is 0 Å². The normalized spacial score (nSPS) is 12.3. The quantitative estimate of drug-likeness (QED) is 0.895. The number of sulfonamides is 1. The smallest absolute Gasteiger partial charge is 0.338 e. The molecule has 0 radical (unpaired) electrons. The van der Waals surface area contributed by atoms with Crippen LogP contribution in [0.3, 0.4) is 0 Å². The van der Waals surface area contributed by atoms with E-state index in [0.717, 1.165) is 0 Å². The third-order valence-electron chi connectivity index (χ3n) is 2.34. The molecule has 0 aliphatic heterocycles. The van der Waals surface area contributed by atoms with Crippen molar-refractivity contribution in [1.29, 1.82) is 0 Å². The van der Waals surface area contributed by atoms with Gasteiger partial charge < -0.3 is 5.11 Å². The third kappa shape index (κ3) is 3.19. The Kier molecular flexibility index (Phi) is 3.85. The van der Waals surface area contributed by atoms with Crippen LogP contribution in [0.5, 0.6) is 0 Å². The van der Waals surface area contributed by atoms with Crippen LogP contribution in [0.25, 0.3) is 0 Å². The second-order valence-electron chi connectivity index (χ2n) is 4.83. The first-order valence-corrected chi connectivity index (χ1v) is 6.69. The molecular weight excluding hydrogens is 280 g/mol. The molecule has 0 aromatic heterocycles. The lowest BCUT2D eigenvalue weighted by Crippen LogP contribution is -2.34. The van der Waals surface area contributed by atoms with Gasteiger partial charge in [-0.1, -0.05) is 0 Å². The molecule has 1 aromatic rings. The number of carboxylic acids is 1. The standard InChI is InChI=1S/C11H13F2NO4S/c1-11(2,3)19(17,18)14-9-4-6(10(15)16)7(12)5-8(9)13/h4-5,14H,1-3H3,(H,15,16). The third-order valence-corrected chi connectivity index (χ3v) is 4.44. The Morgan fingerprint density at radius 1 is 1.21 bits per heavy atom. The van der Waals surface area contributed by atoms with Gasteiger partial charge >= 0.3 is 5.97 Å². The number of hydrogen-bond acceptors (Lipinski definition) is 3. The van der Waals surface area contributed by atoms with E-state index in [1.165, 1.54) is 20.8 Å². The van der Waals surface area contributed by atoms with E-state index in [1.807, 2.05) is 4.72 Å². The van der Waals surface area contributed by atoms with Gasteiger partial charge in [0.2, 0.25) is 10.0 Å². The van der Waals surface area contributed by atoms with Crippen LogP contribution < -0.4 is 4.72 Å². The zero-order valence-corrected chi connectivity index (χ0v) is 11.3. The fourth-order valence-electron chi connectivity index (χ4n) is 1.09. The summed E-state index contributed by atoms with van der Waals surface area (Å²) in [6.07, 6.45) is 0. The lowest BCUT2D eigenvalue weighted by molar-refractivity contribution is 0.0692. The van der Waals surface area contributed by atoms with Crippen LogP contribution in [0.15, 0.2) is 12.1 Å². The summed E-state index contributed by atoms with van der Waals surface area (Å²) >= 11 is 0. The molecule has 106 valence electrons. The van der Waals surface area contributed by atoms with Gasteiger partial charge in [-0.3, -0.25) is 4.72 Å². The molecule has 0 saturated carbocycles. The predicted molar refractivity (Wildman–Crippen MR) is 65.6 cm³/mol. The van der Waals surface area contributed by atoms with Crippen molar-refractivity contribution < 1.29 is 27.1 Å². The van der Waals surface area contributed by atoms with Crippen molar-refractivity contribution in [2.24, 2.45) is 0 Å². The molecule has 1 rings (SSSR count). The molecule has 2 N–H and O–H groups in total. The van der Waals surface area contributed by atoms with Gasteiger partial charge in [0, 0.05) is 6.07 Å². The summed E-state index contributed by atoms with van der Waals surface area (Å²) in [5.41, 5.74) is -1.42. The molecule has 0 amide bonds. The van der Waals surface area contributed by atoms with Crippen molar-refractivity contribution in [2.75, 3.05) is 4.72 Å². The van der Waals surface area contributed by atoms with E-state index in [1.54, 1.807) is 0 Å². The second kappa shape index (κ2) is 4.76. The molecular formula is C11H13F2NO4S. The second-order valence-corrected chi connectivity index (χ2v) is 7.27. The maximum Gasteiger partial charge on any atom is 0.338 e. The average molecular weight is 293 g/mol. The number of hydrogen-bond donors (Lipinski definition) is 2. The highest BCUT2D eigenvalue weighted by Crippen LogP contribution is 2.24. The van der Waals surface area contributed by atoms with Crippen molar-refractivity contribution >= 4 is 21.7 Å². The first-order valence-electron chi connectivity index (χ1n) is 5.20. The number of nitrogens with one attached hydrogen (secondary N) is 1. The Balaban J connectivity index is 3.31. The average Bonchev–Trinajstić information content (AvgIpc) is 2.19. The molecule has 19 heavy (non-hydrogen) atoms. The van der Waals surface area contributed by atoms with Crippen molar-refractivity contribution in [3.63, 3.8) is 0 Å². The lowest BCUT2D eigenvalue weighted by Gasteiger charge is -2.20. The van der Waals surface area contributed by atoms with E-state index in [9.17, 15) is 22.0 Å². The molecule has 1 aromatic carbocycles. The molecule has 0 atom stereocenters. The molecule has 0 bridgehead atoms. The van der Waals surface area contributed by atoms with Gasteiger partial charge in [0.25, 0.3) is 0 Å². The van der Waals surface area contributed by atoms with Gasteiger partial charge in [-0.05, 0) is 26.8 Å². The minimum absolute atomic E-state index is 0.323. The summed E-state index contributed by atoms with van der Waals surface area (Å²) in [5, 5.41) is 8.70. The van der Waals surface area contributed by atoms with Gasteiger partial charge in [-0.2, -0.15) is 0 Å². The largest absolute Gasteiger partial charge is 0.478 e. The van der Waals surface area contributed by atoms with E-state index in [2.05, 4.69) is 0 Å². The minimum atomic E-state index is -3.93. The van der Waals surface area contributed by atoms with Crippen LogP contribution in [0, 0.1) is 11.6 Å². The Bertz CT molecular complexity index is 620. The first-order chi connectivity index (χ1) is 8.45. The van der Waals surface area contributed by atoms with E-state index >= 15 is 0 Å². The van der Waals surface area contributed by atoms with Gasteiger partial charge in [0.05, 0.1) is 16.0 Å². The molecule has 0 spiro atoms. The van der Waals surface area contributed by atoms with Crippen LogP contribution in [0.1, 0.15) is 31.1 Å². The zero-order valence-electron chi connectivity index (χ0n) is 10.5. The number of halogens is 2. The van der Waals surface area contributed by atoms with E-state index in [4.69, 9.17) is 5.11 Å². The van der Waals surface area contributed by atoms with Crippen molar-refractivity contribution in [3.05, 3.63) is 29.3 Å². The molecule has 0 heterocycles. The minimum Gasteiger partial charge on any atom is -0.478 e. The predicted octanol–water partition coefficient (Wildman–Crippen LogP) is 2.20. The molecule has 0 unspecified atom stereocenters. The van der Waals surface area contributed by atoms with Crippen LogP contribution >= 0.6 is 0 Å². The number of benzene rings is 1. The van der Waals surface area contributed by atoms with Gasteiger partial charge in [-0.15, -0.1) is 0 Å².